The fourth-order valence-electron chi connectivity index (χ4n) is 2.54. The Bertz CT molecular complexity index is 574. The van der Waals surface area contributed by atoms with Crippen molar-refractivity contribution in [3.8, 4) is 0 Å². The van der Waals surface area contributed by atoms with Crippen molar-refractivity contribution in [2.75, 3.05) is 19.6 Å². The van der Waals surface area contributed by atoms with E-state index in [2.05, 4.69) is 17.1 Å². The number of benzene rings is 1. The molecule has 2 rings (SSSR count). The summed E-state index contributed by atoms with van der Waals surface area (Å²) in [5.74, 6) is -2.34. The monoisotopic (exact) mass is 324 g/mol. The van der Waals surface area contributed by atoms with Gasteiger partial charge in [-0.15, -0.1) is 0 Å². The van der Waals surface area contributed by atoms with Gasteiger partial charge in [0.1, 0.15) is 11.6 Å². The molecule has 126 valence electrons. The van der Waals surface area contributed by atoms with Crippen molar-refractivity contribution in [1.82, 2.24) is 10.2 Å². The molecule has 0 heterocycles. The lowest BCUT2D eigenvalue weighted by molar-refractivity contribution is -0.121. The number of hydrogen-bond acceptors (Lipinski definition) is 3. The van der Waals surface area contributed by atoms with Crippen LogP contribution in [0.4, 0.5) is 8.78 Å². The number of carbonyl (C=O) groups excluding carboxylic acids is 2. The van der Waals surface area contributed by atoms with Gasteiger partial charge in [0.05, 0.1) is 5.56 Å². The van der Waals surface area contributed by atoms with Crippen molar-refractivity contribution in [3.63, 3.8) is 0 Å². The second-order valence-corrected chi connectivity index (χ2v) is 5.76. The zero-order valence-electron chi connectivity index (χ0n) is 13.3. The van der Waals surface area contributed by atoms with Gasteiger partial charge in [-0.2, -0.15) is 0 Å². The molecule has 0 aliphatic heterocycles. The van der Waals surface area contributed by atoms with Crippen molar-refractivity contribution >= 4 is 11.7 Å². The maximum atomic E-state index is 13.5. The van der Waals surface area contributed by atoms with Gasteiger partial charge >= 0.3 is 0 Å². The molecule has 1 aromatic carbocycles. The van der Waals surface area contributed by atoms with Crippen molar-refractivity contribution in [1.29, 1.82) is 0 Å². The van der Waals surface area contributed by atoms with Gasteiger partial charge in [-0.05, 0) is 31.5 Å². The van der Waals surface area contributed by atoms with E-state index < -0.39 is 17.4 Å². The third-order valence-electron chi connectivity index (χ3n) is 4.00. The average molecular weight is 324 g/mol. The van der Waals surface area contributed by atoms with Crippen molar-refractivity contribution in [2.24, 2.45) is 0 Å². The van der Waals surface area contributed by atoms with Crippen LogP contribution in [0, 0.1) is 11.6 Å². The largest absolute Gasteiger partial charge is 0.355 e. The quantitative estimate of drug-likeness (QED) is 0.710. The summed E-state index contributed by atoms with van der Waals surface area (Å²) in [5.41, 5.74) is -0.176. The van der Waals surface area contributed by atoms with Crippen LogP contribution in [0.2, 0.25) is 0 Å². The lowest BCUT2D eigenvalue weighted by Crippen LogP contribution is -2.36. The number of ketones is 1. The maximum Gasteiger partial charge on any atom is 0.220 e. The first-order valence-electron chi connectivity index (χ1n) is 8.00. The highest BCUT2D eigenvalue weighted by molar-refractivity contribution is 5.98. The number of nitrogens with zero attached hydrogens (tertiary/aromatic N) is 1. The van der Waals surface area contributed by atoms with Gasteiger partial charge in [-0.3, -0.25) is 14.5 Å². The van der Waals surface area contributed by atoms with Crippen molar-refractivity contribution < 1.29 is 18.4 Å². The van der Waals surface area contributed by atoms with E-state index in [9.17, 15) is 18.4 Å². The normalized spacial score (nSPS) is 14.1. The molecular formula is C17H22F2N2O2. The Morgan fingerprint density at radius 2 is 2.00 bits per heavy atom. The lowest BCUT2D eigenvalue weighted by Gasteiger charge is -2.19. The third-order valence-corrected chi connectivity index (χ3v) is 4.00. The minimum atomic E-state index is -0.890. The van der Waals surface area contributed by atoms with E-state index in [1.807, 2.05) is 0 Å². The Morgan fingerprint density at radius 1 is 1.26 bits per heavy atom. The fraction of sp³-hybridized carbons (Fsp3) is 0.529. The molecule has 1 saturated carbocycles. The van der Waals surface area contributed by atoms with Gasteiger partial charge in [0.2, 0.25) is 5.91 Å². The Labute approximate surface area is 134 Å². The van der Waals surface area contributed by atoms with Crippen LogP contribution in [0.25, 0.3) is 0 Å². The van der Waals surface area contributed by atoms with E-state index in [-0.39, 0.29) is 24.3 Å². The van der Waals surface area contributed by atoms with Crippen LogP contribution in [0.1, 0.15) is 43.0 Å². The smallest absolute Gasteiger partial charge is 0.220 e. The molecule has 0 bridgehead atoms. The molecule has 0 unspecified atom stereocenters. The minimum absolute atomic E-state index is 0.00516. The molecule has 0 spiro atoms. The number of Topliss-reactive ketones (excluding diaryl/α,β-unsaturated/α-hetero) is 1. The summed E-state index contributed by atoms with van der Waals surface area (Å²) in [4.78, 5) is 25.9. The van der Waals surface area contributed by atoms with E-state index in [4.69, 9.17) is 0 Å². The standard InChI is InChI=1S/C17H22F2N2O2/c1-2-21(13-4-5-13)10-9-20-17(23)8-7-16(22)14-6-3-12(18)11-15(14)19/h3,6,11,13H,2,4-5,7-10H2,1H3,(H,20,23). The molecule has 0 atom stereocenters. The van der Waals surface area contributed by atoms with Gasteiger partial charge in [0.15, 0.2) is 5.78 Å². The number of hydrogen-bond donors (Lipinski definition) is 1. The molecule has 23 heavy (non-hydrogen) atoms. The maximum absolute atomic E-state index is 13.5. The highest BCUT2D eigenvalue weighted by atomic mass is 19.1. The van der Waals surface area contributed by atoms with Crippen LogP contribution < -0.4 is 5.32 Å². The van der Waals surface area contributed by atoms with E-state index in [0.29, 0.717) is 18.7 Å². The molecule has 0 saturated heterocycles. The van der Waals surface area contributed by atoms with Crippen LogP contribution in [0.15, 0.2) is 18.2 Å². The van der Waals surface area contributed by atoms with Crippen LogP contribution in [-0.2, 0) is 4.79 Å². The Hall–Kier alpha value is -1.82. The predicted octanol–water partition coefficient (Wildman–Crippen LogP) is 2.53. The second kappa shape index (κ2) is 8.15. The molecule has 0 aromatic heterocycles. The van der Waals surface area contributed by atoms with E-state index in [0.717, 1.165) is 25.2 Å². The molecule has 1 aliphatic carbocycles. The Kier molecular flexibility index (Phi) is 6.21. The van der Waals surface area contributed by atoms with Crippen LogP contribution in [0.3, 0.4) is 0 Å². The molecule has 1 N–H and O–H groups in total. The highest BCUT2D eigenvalue weighted by Gasteiger charge is 2.27. The number of amides is 1. The molecule has 0 radical (unpaired) electrons. The number of carbonyl (C=O) groups is 2. The molecular weight excluding hydrogens is 302 g/mol. The van der Waals surface area contributed by atoms with Gasteiger partial charge < -0.3 is 5.32 Å². The number of halogens is 2. The average Bonchev–Trinajstić information content (AvgIpc) is 3.34. The number of likely N-dealkylation sites (N-methyl/N-ethyl adjacent to an activating group) is 1. The first-order valence-corrected chi connectivity index (χ1v) is 8.00. The topological polar surface area (TPSA) is 49.4 Å². The molecule has 1 amide bonds. The first-order chi connectivity index (χ1) is 11.0. The summed E-state index contributed by atoms with van der Waals surface area (Å²) in [6.45, 7) is 4.40. The molecule has 4 nitrogen and oxygen atoms in total. The summed E-state index contributed by atoms with van der Waals surface area (Å²) < 4.78 is 26.3. The molecule has 6 heteroatoms. The fourth-order valence-corrected chi connectivity index (χ4v) is 2.54. The SMILES string of the molecule is CCN(CCNC(=O)CCC(=O)c1ccc(F)cc1F)C1CC1. The lowest BCUT2D eigenvalue weighted by atomic mass is 10.1. The second-order valence-electron chi connectivity index (χ2n) is 5.76. The third kappa shape index (κ3) is 5.39. The minimum Gasteiger partial charge on any atom is -0.355 e. The summed E-state index contributed by atoms with van der Waals surface area (Å²) in [6, 6.07) is 3.47. The van der Waals surface area contributed by atoms with Gasteiger partial charge in [-0.1, -0.05) is 6.92 Å². The van der Waals surface area contributed by atoms with Crippen LogP contribution in [0.5, 0.6) is 0 Å². The summed E-state index contributed by atoms with van der Waals surface area (Å²) >= 11 is 0. The zero-order chi connectivity index (χ0) is 16.8. The Morgan fingerprint density at radius 3 is 2.61 bits per heavy atom. The molecule has 1 aliphatic rings. The van der Waals surface area contributed by atoms with Gasteiger partial charge in [0, 0.05) is 38.0 Å². The van der Waals surface area contributed by atoms with Gasteiger partial charge in [0.25, 0.3) is 0 Å². The van der Waals surface area contributed by atoms with Crippen molar-refractivity contribution in [3.05, 3.63) is 35.4 Å². The highest BCUT2D eigenvalue weighted by Crippen LogP contribution is 2.25. The Balaban J connectivity index is 1.70. The number of nitrogens with one attached hydrogen (secondary N) is 1. The van der Waals surface area contributed by atoms with Crippen molar-refractivity contribution in [2.45, 2.75) is 38.6 Å². The predicted molar refractivity (Wildman–Crippen MR) is 83.2 cm³/mol. The van der Waals surface area contributed by atoms with E-state index in [1.54, 1.807) is 0 Å². The van der Waals surface area contributed by atoms with Crippen LogP contribution in [-0.4, -0.2) is 42.3 Å². The first kappa shape index (κ1) is 17.5. The summed E-state index contributed by atoms with van der Waals surface area (Å²) in [6.07, 6.45) is 2.36. The molecule has 1 aromatic rings. The van der Waals surface area contributed by atoms with Gasteiger partial charge in [-0.25, -0.2) is 8.78 Å². The van der Waals surface area contributed by atoms with Crippen LogP contribution >= 0.6 is 0 Å². The summed E-state index contributed by atoms with van der Waals surface area (Å²) in [7, 11) is 0. The number of rotatable bonds is 9. The zero-order valence-corrected chi connectivity index (χ0v) is 13.3. The van der Waals surface area contributed by atoms with E-state index in [1.165, 1.54) is 12.8 Å². The molecule has 1 fully saturated rings. The van der Waals surface area contributed by atoms with E-state index >= 15 is 0 Å². The summed E-state index contributed by atoms with van der Waals surface area (Å²) in [5, 5.41) is 2.77.